The fourth-order valence-corrected chi connectivity index (χ4v) is 3.92. The van der Waals surface area contributed by atoms with E-state index in [1.165, 1.54) is 0 Å². The fourth-order valence-electron chi connectivity index (χ4n) is 3.92. The normalized spacial score (nSPS) is 20.2. The lowest BCUT2D eigenvalue weighted by atomic mass is 9.80. The Hall–Kier alpha value is -2.42. The largest absolute Gasteiger partial charge is 0.370 e. The maximum Gasteiger partial charge on any atom is 0.143 e. The van der Waals surface area contributed by atoms with Crippen molar-refractivity contribution in [2.45, 2.75) is 31.7 Å². The van der Waals surface area contributed by atoms with Crippen LogP contribution in [0.2, 0.25) is 0 Å². The molecule has 0 amide bonds. The van der Waals surface area contributed by atoms with E-state index in [0.29, 0.717) is 24.7 Å². The van der Waals surface area contributed by atoms with Crippen LogP contribution in [0.15, 0.2) is 91.0 Å². The van der Waals surface area contributed by atoms with Crippen LogP contribution < -0.4 is 0 Å². The van der Waals surface area contributed by atoms with Crippen molar-refractivity contribution in [2.75, 3.05) is 6.61 Å². The lowest BCUT2D eigenvalue weighted by Crippen LogP contribution is -2.35. The molecule has 0 saturated carbocycles. The first-order valence-corrected chi connectivity index (χ1v) is 9.68. The van der Waals surface area contributed by atoms with Gasteiger partial charge in [-0.15, -0.1) is 0 Å². The monoisotopic (exact) mass is 358 g/mol. The van der Waals surface area contributed by atoms with Crippen LogP contribution in [0.25, 0.3) is 0 Å². The zero-order chi connectivity index (χ0) is 18.7. The van der Waals surface area contributed by atoms with Crippen LogP contribution in [0.1, 0.15) is 30.5 Å². The van der Waals surface area contributed by atoms with E-state index in [0.717, 1.165) is 16.7 Å². The minimum Gasteiger partial charge on any atom is -0.370 e. The molecule has 0 N–H and O–H groups in total. The van der Waals surface area contributed by atoms with Crippen LogP contribution in [-0.2, 0) is 15.1 Å². The molecule has 0 radical (unpaired) electrons. The van der Waals surface area contributed by atoms with Crippen LogP contribution in [0.3, 0.4) is 0 Å². The highest BCUT2D eigenvalue weighted by molar-refractivity contribution is 5.47. The zero-order valence-electron chi connectivity index (χ0n) is 15.9. The highest BCUT2D eigenvalue weighted by Gasteiger charge is 2.42. The van der Waals surface area contributed by atoms with Gasteiger partial charge >= 0.3 is 0 Å². The highest BCUT2D eigenvalue weighted by Crippen LogP contribution is 2.41. The number of benzene rings is 3. The summed E-state index contributed by atoms with van der Waals surface area (Å²) in [5, 5.41) is 0. The van der Waals surface area contributed by atoms with Crippen molar-refractivity contribution in [3.05, 3.63) is 108 Å². The summed E-state index contributed by atoms with van der Waals surface area (Å²) in [6.45, 7) is 4.97. The molecule has 0 aromatic heterocycles. The second-order valence-corrected chi connectivity index (χ2v) is 7.37. The first-order valence-electron chi connectivity index (χ1n) is 9.68. The number of epoxide rings is 1. The minimum atomic E-state index is -0.643. The Kier molecular flexibility index (Phi) is 5.11. The summed E-state index contributed by atoms with van der Waals surface area (Å²) in [6.07, 6.45) is 0.633. The topological polar surface area (TPSA) is 21.8 Å². The van der Waals surface area contributed by atoms with Crippen molar-refractivity contribution in [3.8, 4) is 0 Å². The Morgan fingerprint density at radius 2 is 1.15 bits per heavy atom. The lowest BCUT2D eigenvalue weighted by molar-refractivity contribution is -0.00959. The van der Waals surface area contributed by atoms with E-state index in [4.69, 9.17) is 9.47 Å². The average Bonchev–Trinajstić information content (AvgIpc) is 3.47. The van der Waals surface area contributed by atoms with Gasteiger partial charge in [-0.2, -0.15) is 0 Å². The minimum absolute atomic E-state index is 0.296. The highest BCUT2D eigenvalue weighted by atomic mass is 16.6. The van der Waals surface area contributed by atoms with Crippen LogP contribution in [-0.4, -0.2) is 18.8 Å². The molecule has 1 aliphatic rings. The number of hydrogen-bond acceptors (Lipinski definition) is 2. The molecule has 1 fully saturated rings. The van der Waals surface area contributed by atoms with Gasteiger partial charge in [0.25, 0.3) is 0 Å². The van der Waals surface area contributed by atoms with Crippen molar-refractivity contribution >= 4 is 0 Å². The van der Waals surface area contributed by atoms with E-state index in [2.05, 4.69) is 86.6 Å². The van der Waals surface area contributed by atoms with Gasteiger partial charge in [-0.3, -0.25) is 0 Å². The molecule has 4 rings (SSSR count). The van der Waals surface area contributed by atoms with Crippen LogP contribution in [0.4, 0.5) is 0 Å². The van der Waals surface area contributed by atoms with E-state index in [1.54, 1.807) is 0 Å². The average molecular weight is 358 g/mol. The molecule has 138 valence electrons. The van der Waals surface area contributed by atoms with Crippen LogP contribution >= 0.6 is 0 Å². The summed E-state index contributed by atoms with van der Waals surface area (Å²) < 4.78 is 12.5. The Morgan fingerprint density at radius 3 is 1.48 bits per heavy atom. The summed E-state index contributed by atoms with van der Waals surface area (Å²) in [7, 11) is 0. The molecule has 2 heteroatoms. The fraction of sp³-hybridized carbons (Fsp3) is 0.280. The zero-order valence-corrected chi connectivity index (χ0v) is 15.9. The molecule has 0 aliphatic carbocycles. The van der Waals surface area contributed by atoms with Gasteiger partial charge in [-0.25, -0.2) is 0 Å². The van der Waals surface area contributed by atoms with Crippen molar-refractivity contribution in [2.24, 2.45) is 5.92 Å². The maximum absolute atomic E-state index is 6.82. The number of rotatable bonds is 7. The molecule has 27 heavy (non-hydrogen) atoms. The van der Waals surface area contributed by atoms with Gasteiger partial charge in [0.15, 0.2) is 0 Å². The second-order valence-electron chi connectivity index (χ2n) is 7.37. The summed E-state index contributed by atoms with van der Waals surface area (Å²) in [5.74, 6) is 0.343. The first kappa shape index (κ1) is 18.0. The SMILES string of the molecule is C[C@@H]1O[C@@H]1[C@@H](C)COC(c1ccccc1)(c1ccccc1)c1ccccc1. The van der Waals surface area contributed by atoms with Crippen LogP contribution in [0.5, 0.6) is 0 Å². The molecule has 0 unspecified atom stereocenters. The van der Waals surface area contributed by atoms with Crippen molar-refractivity contribution < 1.29 is 9.47 Å². The molecule has 1 saturated heterocycles. The third-order valence-corrected chi connectivity index (χ3v) is 5.42. The standard InChI is InChI=1S/C25H26O2/c1-19(24-20(2)27-24)18-26-25(21-12-6-3-7-13-21,22-14-8-4-9-15-22)23-16-10-5-11-17-23/h3-17,19-20,24H,18H2,1-2H3/t19-,20-,24+/m0/s1. The molecule has 0 bridgehead atoms. The predicted molar refractivity (Wildman–Crippen MR) is 109 cm³/mol. The smallest absolute Gasteiger partial charge is 0.143 e. The van der Waals surface area contributed by atoms with E-state index in [1.807, 2.05) is 18.2 Å². The third-order valence-electron chi connectivity index (χ3n) is 5.42. The van der Waals surface area contributed by atoms with Gasteiger partial charge in [-0.1, -0.05) is 97.9 Å². The molecular formula is C25H26O2. The van der Waals surface area contributed by atoms with E-state index in [-0.39, 0.29) is 0 Å². The molecule has 2 nitrogen and oxygen atoms in total. The summed E-state index contributed by atoms with van der Waals surface area (Å²) in [5.41, 5.74) is 2.77. The van der Waals surface area contributed by atoms with E-state index in [9.17, 15) is 0 Å². The van der Waals surface area contributed by atoms with Gasteiger partial charge in [0.1, 0.15) is 5.60 Å². The second kappa shape index (κ2) is 7.67. The number of ether oxygens (including phenoxy) is 2. The quantitative estimate of drug-likeness (QED) is 0.415. The maximum atomic E-state index is 6.82. The summed E-state index contributed by atoms with van der Waals surface area (Å²) in [4.78, 5) is 0. The molecular weight excluding hydrogens is 332 g/mol. The van der Waals surface area contributed by atoms with Gasteiger partial charge in [0.2, 0.25) is 0 Å². The van der Waals surface area contributed by atoms with Crippen molar-refractivity contribution in [1.29, 1.82) is 0 Å². The Bertz CT molecular complexity index is 749. The molecule has 0 spiro atoms. The Balaban J connectivity index is 1.81. The van der Waals surface area contributed by atoms with Crippen LogP contribution in [0, 0.1) is 5.92 Å². The van der Waals surface area contributed by atoms with Gasteiger partial charge < -0.3 is 9.47 Å². The third kappa shape index (κ3) is 3.55. The lowest BCUT2D eigenvalue weighted by Gasteiger charge is -2.36. The number of hydrogen-bond donors (Lipinski definition) is 0. The molecule has 3 atom stereocenters. The van der Waals surface area contributed by atoms with Gasteiger partial charge in [-0.05, 0) is 23.6 Å². The molecule has 3 aromatic carbocycles. The predicted octanol–water partition coefficient (Wildman–Crippen LogP) is 5.42. The summed E-state index contributed by atoms with van der Waals surface area (Å²) in [6, 6.07) is 31.5. The van der Waals surface area contributed by atoms with Crippen molar-refractivity contribution in [3.63, 3.8) is 0 Å². The van der Waals surface area contributed by atoms with Gasteiger partial charge in [0.05, 0.1) is 18.8 Å². The molecule has 1 aliphatic heterocycles. The van der Waals surface area contributed by atoms with Gasteiger partial charge in [0, 0.05) is 5.92 Å². The van der Waals surface area contributed by atoms with E-state index >= 15 is 0 Å². The molecule has 1 heterocycles. The first-order chi connectivity index (χ1) is 13.2. The molecule has 3 aromatic rings. The Labute approximate surface area is 161 Å². The van der Waals surface area contributed by atoms with Crippen molar-refractivity contribution in [1.82, 2.24) is 0 Å². The van der Waals surface area contributed by atoms with E-state index < -0.39 is 5.60 Å². The summed E-state index contributed by atoms with van der Waals surface area (Å²) >= 11 is 0. The Morgan fingerprint density at radius 1 is 0.778 bits per heavy atom.